The van der Waals surface area contributed by atoms with Gasteiger partial charge in [-0.3, -0.25) is 9.59 Å². The van der Waals surface area contributed by atoms with Crippen molar-refractivity contribution in [3.8, 4) is 11.1 Å². The maximum Gasteiger partial charge on any atom is 0.416 e. The molecule has 0 unspecified atom stereocenters. The number of halogens is 4. The summed E-state index contributed by atoms with van der Waals surface area (Å²) in [4.78, 5) is 38.4. The van der Waals surface area contributed by atoms with Crippen LogP contribution in [0.15, 0.2) is 109 Å². The number of carbonyl (C=O) groups is 3. The lowest BCUT2D eigenvalue weighted by Crippen LogP contribution is -2.45. The minimum absolute atomic E-state index is 0.0284. The standard InChI is InChI=1S/C32H24ClF3N2O4/c33-26-15-9-20(10-16-26)18-28(31(41)42)38-30(40)27(19-21-5-4-8-25(17-21)32(34,35)36)37-29(39)24-13-11-23(12-14-24)22-6-2-1-3-7-22/h1-17,19,28H,18H2,(H,37,39)(H,38,40)(H,41,42)/b27-19+/t28-/m1/s1. The summed E-state index contributed by atoms with van der Waals surface area (Å²) in [6, 6.07) is 25.0. The van der Waals surface area contributed by atoms with Crippen LogP contribution in [-0.2, 0) is 22.2 Å². The lowest BCUT2D eigenvalue weighted by Gasteiger charge is -2.17. The lowest BCUT2D eigenvalue weighted by molar-refractivity contribution is -0.141. The number of carbonyl (C=O) groups excluding carboxylic acids is 2. The molecule has 6 nitrogen and oxygen atoms in total. The second kappa shape index (κ2) is 13.2. The highest BCUT2D eigenvalue weighted by Gasteiger charge is 2.30. The Morgan fingerprint density at radius 2 is 1.48 bits per heavy atom. The van der Waals surface area contributed by atoms with Crippen LogP contribution in [0, 0.1) is 0 Å². The molecule has 0 saturated carbocycles. The molecule has 4 aromatic rings. The molecule has 0 fully saturated rings. The summed E-state index contributed by atoms with van der Waals surface area (Å²) in [7, 11) is 0. The van der Waals surface area contributed by atoms with Crippen molar-refractivity contribution in [3.05, 3.63) is 136 Å². The quantitative estimate of drug-likeness (QED) is 0.191. The van der Waals surface area contributed by atoms with Gasteiger partial charge in [-0.15, -0.1) is 0 Å². The fourth-order valence-electron chi connectivity index (χ4n) is 4.06. The molecule has 0 bridgehead atoms. The average Bonchev–Trinajstić information content (AvgIpc) is 2.97. The number of alkyl halides is 3. The van der Waals surface area contributed by atoms with Crippen molar-refractivity contribution < 1.29 is 32.7 Å². The van der Waals surface area contributed by atoms with Crippen molar-refractivity contribution in [1.29, 1.82) is 0 Å². The second-order valence-electron chi connectivity index (χ2n) is 9.27. The van der Waals surface area contributed by atoms with Crippen LogP contribution < -0.4 is 10.6 Å². The smallest absolute Gasteiger partial charge is 0.416 e. The summed E-state index contributed by atoms with van der Waals surface area (Å²) in [5.41, 5.74) is 1.09. The number of hydrogen-bond acceptors (Lipinski definition) is 3. The number of nitrogens with one attached hydrogen (secondary N) is 2. The SMILES string of the molecule is O=C(N[C@H](Cc1ccc(Cl)cc1)C(=O)O)/C(=C\c1cccc(C(F)(F)F)c1)NC(=O)c1ccc(-c2ccccc2)cc1. The van der Waals surface area contributed by atoms with E-state index in [1.807, 2.05) is 30.3 Å². The van der Waals surface area contributed by atoms with Gasteiger partial charge in [-0.25, -0.2) is 4.79 Å². The maximum atomic E-state index is 13.3. The summed E-state index contributed by atoms with van der Waals surface area (Å²) < 4.78 is 39.9. The zero-order chi connectivity index (χ0) is 30.3. The Kier molecular flexibility index (Phi) is 9.44. The van der Waals surface area contributed by atoms with E-state index in [1.165, 1.54) is 18.2 Å². The monoisotopic (exact) mass is 592 g/mol. The second-order valence-corrected chi connectivity index (χ2v) is 9.71. The van der Waals surface area contributed by atoms with Gasteiger partial charge in [0.2, 0.25) is 0 Å². The van der Waals surface area contributed by atoms with Crippen molar-refractivity contribution in [2.75, 3.05) is 0 Å². The molecule has 0 saturated heterocycles. The number of benzene rings is 4. The summed E-state index contributed by atoms with van der Waals surface area (Å²) in [6.07, 6.45) is -3.69. The molecule has 0 aliphatic carbocycles. The predicted molar refractivity (Wildman–Crippen MR) is 153 cm³/mol. The topological polar surface area (TPSA) is 95.5 Å². The molecule has 0 aromatic heterocycles. The van der Waals surface area contributed by atoms with E-state index in [-0.39, 0.29) is 17.5 Å². The number of carboxylic acids is 1. The van der Waals surface area contributed by atoms with E-state index < -0.39 is 41.3 Å². The molecule has 0 aliphatic rings. The number of carboxylic acid groups (broad SMARTS) is 1. The Balaban J connectivity index is 1.62. The molecule has 2 amide bonds. The van der Waals surface area contributed by atoms with Gasteiger partial charge in [0, 0.05) is 17.0 Å². The summed E-state index contributed by atoms with van der Waals surface area (Å²) >= 11 is 5.89. The molecule has 10 heteroatoms. The van der Waals surface area contributed by atoms with E-state index in [0.717, 1.165) is 35.4 Å². The van der Waals surface area contributed by atoms with Gasteiger partial charge in [0.05, 0.1) is 5.56 Å². The van der Waals surface area contributed by atoms with E-state index in [0.29, 0.717) is 10.6 Å². The molecule has 0 aliphatic heterocycles. The van der Waals surface area contributed by atoms with Crippen molar-refractivity contribution in [3.63, 3.8) is 0 Å². The zero-order valence-electron chi connectivity index (χ0n) is 21.9. The summed E-state index contributed by atoms with van der Waals surface area (Å²) in [5.74, 6) is -3.06. The fourth-order valence-corrected chi connectivity index (χ4v) is 4.19. The fraction of sp³-hybridized carbons (Fsp3) is 0.0938. The van der Waals surface area contributed by atoms with Crippen LogP contribution in [0.1, 0.15) is 27.0 Å². The van der Waals surface area contributed by atoms with Gasteiger partial charge in [-0.1, -0.05) is 78.3 Å². The first-order valence-electron chi connectivity index (χ1n) is 12.6. The van der Waals surface area contributed by atoms with Crippen LogP contribution in [0.3, 0.4) is 0 Å². The van der Waals surface area contributed by atoms with E-state index in [9.17, 15) is 32.7 Å². The van der Waals surface area contributed by atoms with E-state index in [4.69, 9.17) is 11.6 Å². The van der Waals surface area contributed by atoms with Gasteiger partial charge < -0.3 is 15.7 Å². The Bertz CT molecular complexity index is 1600. The van der Waals surface area contributed by atoms with E-state index in [2.05, 4.69) is 10.6 Å². The third-order valence-corrected chi connectivity index (χ3v) is 6.48. The van der Waals surface area contributed by atoms with Crippen LogP contribution in [-0.4, -0.2) is 28.9 Å². The third kappa shape index (κ3) is 8.08. The highest BCUT2D eigenvalue weighted by molar-refractivity contribution is 6.30. The minimum Gasteiger partial charge on any atom is -0.480 e. The number of amides is 2. The number of hydrogen-bond donors (Lipinski definition) is 3. The van der Waals surface area contributed by atoms with Gasteiger partial charge in [0.25, 0.3) is 11.8 Å². The van der Waals surface area contributed by atoms with Crippen molar-refractivity contribution in [1.82, 2.24) is 10.6 Å². The molecule has 1 atom stereocenters. The molecule has 0 radical (unpaired) electrons. The van der Waals surface area contributed by atoms with Gasteiger partial charge in [-0.2, -0.15) is 13.2 Å². The van der Waals surface area contributed by atoms with Crippen molar-refractivity contribution in [2.24, 2.45) is 0 Å². The molecule has 0 spiro atoms. The molecule has 214 valence electrons. The zero-order valence-corrected chi connectivity index (χ0v) is 22.6. The van der Waals surface area contributed by atoms with E-state index >= 15 is 0 Å². The van der Waals surface area contributed by atoms with Crippen LogP contribution in [0.2, 0.25) is 5.02 Å². The first-order chi connectivity index (χ1) is 20.0. The molecular formula is C32H24ClF3N2O4. The Morgan fingerprint density at radius 3 is 2.10 bits per heavy atom. The summed E-state index contributed by atoms with van der Waals surface area (Å²) in [5, 5.41) is 15.0. The van der Waals surface area contributed by atoms with Crippen LogP contribution in [0.25, 0.3) is 17.2 Å². The normalized spacial score (nSPS) is 12.3. The molecule has 4 aromatic carbocycles. The van der Waals surface area contributed by atoms with E-state index in [1.54, 1.807) is 36.4 Å². The Hall–Kier alpha value is -4.89. The average molecular weight is 593 g/mol. The third-order valence-electron chi connectivity index (χ3n) is 6.23. The van der Waals surface area contributed by atoms with Gasteiger partial charge >= 0.3 is 12.1 Å². The molecule has 42 heavy (non-hydrogen) atoms. The van der Waals surface area contributed by atoms with Crippen LogP contribution >= 0.6 is 11.6 Å². The van der Waals surface area contributed by atoms with Crippen molar-refractivity contribution >= 4 is 35.5 Å². The molecule has 0 heterocycles. The lowest BCUT2D eigenvalue weighted by atomic mass is 10.0. The van der Waals surface area contributed by atoms with Gasteiger partial charge in [0.15, 0.2) is 0 Å². The van der Waals surface area contributed by atoms with Crippen molar-refractivity contribution in [2.45, 2.75) is 18.6 Å². The number of aliphatic carboxylic acids is 1. The Morgan fingerprint density at radius 1 is 0.833 bits per heavy atom. The first kappa shape index (κ1) is 30.1. The van der Waals surface area contributed by atoms with Crippen LogP contribution in [0.4, 0.5) is 13.2 Å². The highest BCUT2D eigenvalue weighted by Crippen LogP contribution is 2.30. The molecule has 4 rings (SSSR count). The Labute approximate surface area is 244 Å². The maximum absolute atomic E-state index is 13.3. The predicted octanol–water partition coefficient (Wildman–Crippen LogP) is 6.61. The summed E-state index contributed by atoms with van der Waals surface area (Å²) in [6.45, 7) is 0. The van der Waals surface area contributed by atoms with Crippen LogP contribution in [0.5, 0.6) is 0 Å². The molecular weight excluding hydrogens is 569 g/mol. The highest BCUT2D eigenvalue weighted by atomic mass is 35.5. The molecule has 3 N–H and O–H groups in total. The minimum atomic E-state index is -4.64. The number of rotatable bonds is 9. The largest absolute Gasteiger partial charge is 0.480 e. The van der Waals surface area contributed by atoms with Gasteiger partial charge in [-0.05, 0) is 64.7 Å². The first-order valence-corrected chi connectivity index (χ1v) is 13.0. The van der Waals surface area contributed by atoms with Gasteiger partial charge in [0.1, 0.15) is 11.7 Å².